The van der Waals surface area contributed by atoms with Gasteiger partial charge in [-0.3, -0.25) is 9.69 Å². The third kappa shape index (κ3) is 3.71. The molecular weight excluding hydrogens is 314 g/mol. The zero-order chi connectivity index (χ0) is 17.9. The van der Waals surface area contributed by atoms with Gasteiger partial charge in [0.25, 0.3) is 5.91 Å². The Labute approximate surface area is 147 Å². The smallest absolute Gasteiger partial charge is 0.250 e. The summed E-state index contributed by atoms with van der Waals surface area (Å²) in [6, 6.07) is 17.8. The molecule has 0 spiro atoms. The van der Waals surface area contributed by atoms with E-state index in [9.17, 15) is 15.2 Å². The van der Waals surface area contributed by atoms with Gasteiger partial charge in [0.1, 0.15) is 0 Å². The Hall–Kier alpha value is -2.68. The van der Waals surface area contributed by atoms with Crippen LogP contribution in [0.2, 0.25) is 0 Å². The summed E-state index contributed by atoms with van der Waals surface area (Å²) < 4.78 is 0. The molecule has 0 saturated carbocycles. The molecule has 5 heteroatoms. The van der Waals surface area contributed by atoms with E-state index in [4.69, 9.17) is 5.73 Å². The first kappa shape index (κ1) is 17.2. The highest BCUT2D eigenvalue weighted by Crippen LogP contribution is 2.25. The first-order valence-corrected chi connectivity index (χ1v) is 8.35. The number of aliphatic hydroxyl groups is 1. The molecule has 1 atom stereocenters. The first-order chi connectivity index (χ1) is 12.0. The number of hydrogen-bond donors (Lipinski definition) is 2. The van der Waals surface area contributed by atoms with Crippen molar-refractivity contribution >= 4 is 5.91 Å². The van der Waals surface area contributed by atoms with Gasteiger partial charge in [0, 0.05) is 13.1 Å². The number of primary amides is 1. The molecule has 1 aliphatic rings. The topological polar surface area (TPSA) is 90.3 Å². The third-order valence-electron chi connectivity index (χ3n) is 4.73. The highest BCUT2D eigenvalue weighted by Gasteiger charge is 2.38. The molecule has 1 heterocycles. The predicted octanol–water partition coefficient (Wildman–Crippen LogP) is 2.04. The molecule has 1 amide bonds. The molecule has 3 rings (SSSR count). The van der Waals surface area contributed by atoms with E-state index >= 15 is 0 Å². The van der Waals surface area contributed by atoms with E-state index in [0.29, 0.717) is 18.5 Å². The Balaban J connectivity index is 1.73. The van der Waals surface area contributed by atoms with Crippen molar-refractivity contribution in [3.8, 4) is 17.2 Å². The molecule has 25 heavy (non-hydrogen) atoms. The summed E-state index contributed by atoms with van der Waals surface area (Å²) in [6.07, 6.45) is 1.16. The van der Waals surface area contributed by atoms with E-state index in [2.05, 4.69) is 6.07 Å². The number of β-amino-alcohol motifs (C(OH)–C–C–N with tert-alkyl or cyclic N) is 1. The van der Waals surface area contributed by atoms with Crippen LogP contribution in [0, 0.1) is 11.3 Å². The lowest BCUT2D eigenvalue weighted by molar-refractivity contribution is -0.142. The summed E-state index contributed by atoms with van der Waals surface area (Å²) >= 11 is 0. The average Bonchev–Trinajstić information content (AvgIpc) is 2.62. The van der Waals surface area contributed by atoms with Gasteiger partial charge in [-0.05, 0) is 42.1 Å². The van der Waals surface area contributed by atoms with Crippen molar-refractivity contribution in [3.63, 3.8) is 0 Å². The Kier molecular flexibility index (Phi) is 4.84. The van der Waals surface area contributed by atoms with Crippen molar-refractivity contribution in [2.75, 3.05) is 13.1 Å². The van der Waals surface area contributed by atoms with Gasteiger partial charge in [0.15, 0.2) is 5.60 Å². The summed E-state index contributed by atoms with van der Waals surface area (Å²) in [5.41, 5.74) is 7.55. The minimum Gasteiger partial charge on any atom is -0.379 e. The lowest BCUT2D eigenvalue weighted by atomic mass is 9.92. The Morgan fingerprint density at radius 3 is 2.64 bits per heavy atom. The molecular formula is C20H21N3O2. The molecule has 5 nitrogen and oxygen atoms in total. The van der Waals surface area contributed by atoms with Crippen molar-refractivity contribution in [2.45, 2.75) is 25.0 Å². The SMILES string of the molecule is N#Cc1ccccc1-c1ccc(CN2CCC[C@](O)(C(N)=O)C2)cc1. The summed E-state index contributed by atoms with van der Waals surface area (Å²) in [5, 5.41) is 19.5. The number of carbonyl (C=O) groups excluding carboxylic acids is 1. The van der Waals surface area contributed by atoms with Crippen LogP contribution in [-0.2, 0) is 11.3 Å². The van der Waals surface area contributed by atoms with Crippen LogP contribution in [0.15, 0.2) is 48.5 Å². The maximum absolute atomic E-state index is 11.5. The number of nitriles is 1. The molecule has 2 aromatic rings. The van der Waals surface area contributed by atoms with E-state index in [1.54, 1.807) is 0 Å². The lowest BCUT2D eigenvalue weighted by Gasteiger charge is -2.37. The summed E-state index contributed by atoms with van der Waals surface area (Å²) in [6.45, 7) is 1.74. The van der Waals surface area contributed by atoms with Crippen LogP contribution in [0.1, 0.15) is 24.0 Å². The van der Waals surface area contributed by atoms with Crippen molar-refractivity contribution < 1.29 is 9.90 Å². The standard InChI is InChI=1S/C20H21N3O2/c21-12-17-4-1-2-5-18(17)16-8-6-15(7-9-16)13-23-11-3-10-20(25,14-23)19(22)24/h1-2,4-9,25H,3,10-11,13-14H2,(H2,22,24)/t20-/m1/s1. The van der Waals surface area contributed by atoms with Gasteiger partial charge < -0.3 is 10.8 Å². The van der Waals surface area contributed by atoms with Crippen molar-refractivity contribution in [1.82, 2.24) is 4.90 Å². The third-order valence-corrected chi connectivity index (χ3v) is 4.73. The fourth-order valence-electron chi connectivity index (χ4n) is 3.34. The molecule has 1 fully saturated rings. The molecule has 128 valence electrons. The minimum atomic E-state index is -1.43. The molecule has 0 unspecified atom stereocenters. The monoisotopic (exact) mass is 335 g/mol. The first-order valence-electron chi connectivity index (χ1n) is 8.35. The number of hydrogen-bond acceptors (Lipinski definition) is 4. The maximum atomic E-state index is 11.5. The molecule has 2 aromatic carbocycles. The molecule has 3 N–H and O–H groups in total. The Morgan fingerprint density at radius 2 is 1.96 bits per heavy atom. The highest BCUT2D eigenvalue weighted by atomic mass is 16.3. The number of rotatable bonds is 4. The van der Waals surface area contributed by atoms with Gasteiger partial charge in [0.2, 0.25) is 0 Å². The maximum Gasteiger partial charge on any atom is 0.250 e. The number of amides is 1. The number of carbonyl (C=O) groups is 1. The van der Waals surface area contributed by atoms with Gasteiger partial charge >= 0.3 is 0 Å². The summed E-state index contributed by atoms with van der Waals surface area (Å²) in [5.74, 6) is -0.652. The number of piperidine rings is 1. The zero-order valence-corrected chi connectivity index (χ0v) is 14.0. The number of likely N-dealkylation sites (tertiary alicyclic amines) is 1. The normalized spacial score (nSPS) is 20.8. The van der Waals surface area contributed by atoms with Gasteiger partial charge in [-0.1, -0.05) is 42.5 Å². The lowest BCUT2D eigenvalue weighted by Crippen LogP contribution is -2.55. The zero-order valence-electron chi connectivity index (χ0n) is 14.0. The average molecular weight is 335 g/mol. The highest BCUT2D eigenvalue weighted by molar-refractivity contribution is 5.83. The van der Waals surface area contributed by atoms with E-state index in [0.717, 1.165) is 29.7 Å². The molecule has 1 aliphatic heterocycles. The molecule has 0 aliphatic carbocycles. The van der Waals surface area contributed by atoms with Gasteiger partial charge in [-0.15, -0.1) is 0 Å². The fourth-order valence-corrected chi connectivity index (χ4v) is 3.34. The Morgan fingerprint density at radius 1 is 1.24 bits per heavy atom. The van der Waals surface area contributed by atoms with E-state index < -0.39 is 11.5 Å². The van der Waals surface area contributed by atoms with E-state index in [1.807, 2.05) is 53.4 Å². The van der Waals surface area contributed by atoms with Crippen molar-refractivity contribution in [2.24, 2.45) is 5.73 Å². The molecule has 0 aromatic heterocycles. The second-order valence-corrected chi connectivity index (χ2v) is 6.56. The number of nitrogens with two attached hydrogens (primary N) is 1. The molecule has 1 saturated heterocycles. The molecule has 0 radical (unpaired) electrons. The quantitative estimate of drug-likeness (QED) is 0.894. The van der Waals surface area contributed by atoms with Crippen LogP contribution in [0.5, 0.6) is 0 Å². The van der Waals surface area contributed by atoms with Crippen LogP contribution >= 0.6 is 0 Å². The van der Waals surface area contributed by atoms with Crippen molar-refractivity contribution in [3.05, 3.63) is 59.7 Å². The second kappa shape index (κ2) is 7.06. The van der Waals surface area contributed by atoms with Gasteiger partial charge in [-0.25, -0.2) is 0 Å². The van der Waals surface area contributed by atoms with Gasteiger partial charge in [-0.2, -0.15) is 5.26 Å². The number of benzene rings is 2. The van der Waals surface area contributed by atoms with E-state index in [1.165, 1.54) is 0 Å². The van der Waals surface area contributed by atoms with Gasteiger partial charge in [0.05, 0.1) is 11.6 Å². The van der Waals surface area contributed by atoms with Crippen LogP contribution in [0.3, 0.4) is 0 Å². The van der Waals surface area contributed by atoms with Crippen LogP contribution < -0.4 is 5.73 Å². The summed E-state index contributed by atoms with van der Waals surface area (Å²) in [4.78, 5) is 13.5. The van der Waals surface area contributed by atoms with Crippen LogP contribution in [-0.4, -0.2) is 34.6 Å². The van der Waals surface area contributed by atoms with Crippen LogP contribution in [0.4, 0.5) is 0 Å². The number of nitrogens with zero attached hydrogens (tertiary/aromatic N) is 2. The van der Waals surface area contributed by atoms with Crippen molar-refractivity contribution in [1.29, 1.82) is 5.26 Å². The molecule has 0 bridgehead atoms. The Bertz CT molecular complexity index is 810. The largest absolute Gasteiger partial charge is 0.379 e. The summed E-state index contributed by atoms with van der Waals surface area (Å²) in [7, 11) is 0. The predicted molar refractivity (Wildman–Crippen MR) is 95.2 cm³/mol. The minimum absolute atomic E-state index is 0.265. The fraction of sp³-hybridized carbons (Fsp3) is 0.300. The van der Waals surface area contributed by atoms with E-state index in [-0.39, 0.29) is 6.54 Å². The van der Waals surface area contributed by atoms with Crippen LogP contribution in [0.25, 0.3) is 11.1 Å². The second-order valence-electron chi connectivity index (χ2n) is 6.56.